The molecule has 0 heterocycles. The predicted octanol–water partition coefficient (Wildman–Crippen LogP) is 2.87. The van der Waals surface area contributed by atoms with Gasteiger partial charge in [0.2, 0.25) is 5.91 Å². The van der Waals surface area contributed by atoms with Crippen LogP contribution in [0.2, 0.25) is 0 Å². The zero-order valence-electron chi connectivity index (χ0n) is 13.1. The molecule has 0 aliphatic carbocycles. The third-order valence-electron chi connectivity index (χ3n) is 3.24. The van der Waals surface area contributed by atoms with Gasteiger partial charge in [-0.05, 0) is 65.3 Å². The molecule has 130 valence electrons. The molecule has 0 unspecified atom stereocenters. The van der Waals surface area contributed by atoms with Crippen molar-refractivity contribution in [3.8, 4) is 0 Å². The van der Waals surface area contributed by atoms with E-state index in [1.807, 2.05) is 0 Å². The number of halogens is 2. The standard InChI is InChI=1S/C17H14BrFN2O4/c1-9(25-17(24)13-7-4-11(19)8-14(13)18)16(23)21-12-5-2-10(3-6-12)15(20)22/h2-9H,1H3,(H2,20,22)(H,21,23)/t9-/m0/s1. The highest BCUT2D eigenvalue weighted by molar-refractivity contribution is 9.10. The van der Waals surface area contributed by atoms with Gasteiger partial charge in [-0.25, -0.2) is 9.18 Å². The Morgan fingerprint density at radius 2 is 1.80 bits per heavy atom. The van der Waals surface area contributed by atoms with Crippen LogP contribution in [0.1, 0.15) is 27.6 Å². The third-order valence-corrected chi connectivity index (χ3v) is 3.90. The van der Waals surface area contributed by atoms with E-state index in [9.17, 15) is 18.8 Å². The average molecular weight is 409 g/mol. The number of primary amides is 1. The Morgan fingerprint density at radius 3 is 2.36 bits per heavy atom. The van der Waals surface area contributed by atoms with E-state index in [2.05, 4.69) is 21.2 Å². The maximum Gasteiger partial charge on any atom is 0.340 e. The minimum Gasteiger partial charge on any atom is -0.449 e. The molecule has 0 aromatic heterocycles. The molecule has 0 fully saturated rings. The van der Waals surface area contributed by atoms with E-state index in [-0.39, 0.29) is 10.0 Å². The van der Waals surface area contributed by atoms with Gasteiger partial charge >= 0.3 is 5.97 Å². The van der Waals surface area contributed by atoms with Crippen molar-refractivity contribution in [1.29, 1.82) is 0 Å². The summed E-state index contributed by atoms with van der Waals surface area (Å²) in [6.07, 6.45) is -1.08. The number of rotatable bonds is 5. The van der Waals surface area contributed by atoms with Crippen molar-refractivity contribution in [2.75, 3.05) is 5.32 Å². The van der Waals surface area contributed by atoms with E-state index < -0.39 is 29.7 Å². The Balaban J connectivity index is 1.99. The Kier molecular flexibility index (Phi) is 5.87. The molecule has 0 bridgehead atoms. The van der Waals surface area contributed by atoms with Gasteiger partial charge in [0.15, 0.2) is 6.10 Å². The number of carbonyl (C=O) groups excluding carboxylic acids is 3. The van der Waals surface area contributed by atoms with Crippen LogP contribution < -0.4 is 11.1 Å². The minimum absolute atomic E-state index is 0.104. The van der Waals surface area contributed by atoms with Gasteiger partial charge in [0.1, 0.15) is 5.82 Å². The van der Waals surface area contributed by atoms with Crippen molar-refractivity contribution < 1.29 is 23.5 Å². The molecule has 25 heavy (non-hydrogen) atoms. The first kappa shape index (κ1) is 18.6. The molecule has 2 aromatic carbocycles. The van der Waals surface area contributed by atoms with Gasteiger partial charge in [0, 0.05) is 15.7 Å². The third kappa shape index (κ3) is 4.87. The fourth-order valence-electron chi connectivity index (χ4n) is 1.89. The van der Waals surface area contributed by atoms with Crippen LogP contribution in [0.25, 0.3) is 0 Å². The quantitative estimate of drug-likeness (QED) is 0.742. The number of nitrogens with one attached hydrogen (secondary N) is 1. The summed E-state index contributed by atoms with van der Waals surface area (Å²) in [7, 11) is 0. The van der Waals surface area contributed by atoms with Gasteiger partial charge in [0.25, 0.3) is 5.91 Å². The molecule has 8 heteroatoms. The second-order valence-electron chi connectivity index (χ2n) is 5.10. The van der Waals surface area contributed by atoms with Crippen LogP contribution in [0.4, 0.5) is 10.1 Å². The highest BCUT2D eigenvalue weighted by Gasteiger charge is 2.20. The summed E-state index contributed by atoms with van der Waals surface area (Å²) in [6.45, 7) is 1.41. The maximum atomic E-state index is 13.0. The second kappa shape index (κ2) is 7.89. The first-order chi connectivity index (χ1) is 11.8. The second-order valence-corrected chi connectivity index (χ2v) is 5.96. The van der Waals surface area contributed by atoms with Gasteiger partial charge < -0.3 is 15.8 Å². The van der Waals surface area contributed by atoms with E-state index >= 15 is 0 Å². The van der Waals surface area contributed by atoms with Crippen molar-refractivity contribution in [3.63, 3.8) is 0 Å². The molecular weight excluding hydrogens is 395 g/mol. The number of hydrogen-bond donors (Lipinski definition) is 2. The molecule has 0 spiro atoms. The lowest BCUT2D eigenvalue weighted by molar-refractivity contribution is -0.123. The molecule has 2 aromatic rings. The molecule has 2 rings (SSSR count). The number of hydrogen-bond acceptors (Lipinski definition) is 4. The SMILES string of the molecule is C[C@H](OC(=O)c1ccc(F)cc1Br)C(=O)Nc1ccc(C(N)=O)cc1. The summed E-state index contributed by atoms with van der Waals surface area (Å²) in [5, 5.41) is 2.55. The molecule has 2 amide bonds. The largest absolute Gasteiger partial charge is 0.449 e. The summed E-state index contributed by atoms with van der Waals surface area (Å²) in [6, 6.07) is 9.43. The number of carbonyl (C=O) groups is 3. The zero-order valence-corrected chi connectivity index (χ0v) is 14.7. The fourth-order valence-corrected chi connectivity index (χ4v) is 2.41. The number of anilines is 1. The normalized spacial score (nSPS) is 11.5. The van der Waals surface area contributed by atoms with Crippen LogP contribution in [-0.4, -0.2) is 23.9 Å². The Bertz CT molecular complexity index is 824. The molecular formula is C17H14BrFN2O4. The van der Waals surface area contributed by atoms with Crippen molar-refractivity contribution in [2.45, 2.75) is 13.0 Å². The number of nitrogens with two attached hydrogens (primary N) is 1. The maximum absolute atomic E-state index is 13.0. The van der Waals surface area contributed by atoms with Gasteiger partial charge in [-0.1, -0.05) is 0 Å². The smallest absolute Gasteiger partial charge is 0.340 e. The molecule has 0 saturated carbocycles. The van der Waals surface area contributed by atoms with Crippen molar-refractivity contribution in [2.24, 2.45) is 5.73 Å². The van der Waals surface area contributed by atoms with Crippen molar-refractivity contribution >= 4 is 39.4 Å². The van der Waals surface area contributed by atoms with E-state index in [0.717, 1.165) is 12.1 Å². The van der Waals surface area contributed by atoms with Crippen LogP contribution in [0.5, 0.6) is 0 Å². The van der Waals surface area contributed by atoms with Crippen LogP contribution in [0, 0.1) is 5.82 Å². The predicted molar refractivity (Wildman–Crippen MR) is 92.6 cm³/mol. The molecule has 0 radical (unpaired) electrons. The van der Waals surface area contributed by atoms with Gasteiger partial charge in [-0.2, -0.15) is 0 Å². The Hall–Kier alpha value is -2.74. The van der Waals surface area contributed by atoms with Gasteiger partial charge in [0.05, 0.1) is 5.56 Å². The number of esters is 1. The van der Waals surface area contributed by atoms with Gasteiger partial charge in [-0.3, -0.25) is 9.59 Å². The van der Waals surface area contributed by atoms with Crippen LogP contribution >= 0.6 is 15.9 Å². The first-order valence-electron chi connectivity index (χ1n) is 7.14. The summed E-state index contributed by atoms with van der Waals surface area (Å²) >= 11 is 3.07. The number of ether oxygens (including phenoxy) is 1. The van der Waals surface area contributed by atoms with E-state index in [1.54, 1.807) is 0 Å². The highest BCUT2D eigenvalue weighted by atomic mass is 79.9. The summed E-state index contributed by atoms with van der Waals surface area (Å²) in [5.41, 5.74) is 5.96. The monoisotopic (exact) mass is 408 g/mol. The Morgan fingerprint density at radius 1 is 1.16 bits per heavy atom. The van der Waals surface area contributed by atoms with E-state index in [0.29, 0.717) is 11.3 Å². The summed E-state index contributed by atoms with van der Waals surface area (Å²) in [5.74, 6) is -2.41. The fraction of sp³-hybridized carbons (Fsp3) is 0.118. The van der Waals surface area contributed by atoms with Gasteiger partial charge in [-0.15, -0.1) is 0 Å². The summed E-state index contributed by atoms with van der Waals surface area (Å²) in [4.78, 5) is 35.1. The van der Waals surface area contributed by atoms with Crippen LogP contribution in [0.15, 0.2) is 46.9 Å². The molecule has 1 atom stereocenters. The zero-order chi connectivity index (χ0) is 18.6. The lowest BCUT2D eigenvalue weighted by Crippen LogP contribution is -2.30. The lowest BCUT2D eigenvalue weighted by Gasteiger charge is -2.14. The first-order valence-corrected chi connectivity index (χ1v) is 7.94. The topological polar surface area (TPSA) is 98.5 Å². The summed E-state index contributed by atoms with van der Waals surface area (Å²) < 4.78 is 18.4. The van der Waals surface area contributed by atoms with E-state index in [1.165, 1.54) is 37.3 Å². The molecule has 0 saturated heterocycles. The number of amides is 2. The number of benzene rings is 2. The van der Waals surface area contributed by atoms with Crippen molar-refractivity contribution in [3.05, 3.63) is 63.9 Å². The molecule has 3 N–H and O–H groups in total. The Labute approximate surface area is 151 Å². The molecule has 0 aliphatic heterocycles. The van der Waals surface area contributed by atoms with Crippen LogP contribution in [0.3, 0.4) is 0 Å². The average Bonchev–Trinajstić information content (AvgIpc) is 2.55. The molecule has 0 aliphatic rings. The van der Waals surface area contributed by atoms with E-state index in [4.69, 9.17) is 10.5 Å². The van der Waals surface area contributed by atoms with Crippen molar-refractivity contribution in [1.82, 2.24) is 0 Å². The minimum atomic E-state index is -1.08. The molecule has 6 nitrogen and oxygen atoms in total. The highest BCUT2D eigenvalue weighted by Crippen LogP contribution is 2.19. The van der Waals surface area contributed by atoms with Crippen LogP contribution in [-0.2, 0) is 9.53 Å². The lowest BCUT2D eigenvalue weighted by atomic mass is 10.2.